The molecular formula is C22H23NO3. The van der Waals surface area contributed by atoms with Gasteiger partial charge >= 0.3 is 5.63 Å². The highest BCUT2D eigenvalue weighted by Gasteiger charge is 2.24. The topological polar surface area (TPSA) is 42.7 Å². The third-order valence-electron chi connectivity index (χ3n) is 5.37. The van der Waals surface area contributed by atoms with Crippen LogP contribution in [-0.4, -0.2) is 18.2 Å². The van der Waals surface area contributed by atoms with Gasteiger partial charge in [-0.15, -0.1) is 0 Å². The minimum absolute atomic E-state index is 0.266. The average Bonchev–Trinajstić information content (AvgIpc) is 2.67. The van der Waals surface area contributed by atoms with Gasteiger partial charge in [0, 0.05) is 24.0 Å². The molecule has 4 nitrogen and oxygen atoms in total. The van der Waals surface area contributed by atoms with Crippen molar-refractivity contribution in [3.8, 4) is 5.75 Å². The SMILES string of the molecule is Cc1c(C)c2ccc3c(c2oc1=O)CN(CC(C)c1ccccc1)CO3. The molecule has 0 aliphatic carbocycles. The molecule has 3 aromatic rings. The Hall–Kier alpha value is -2.59. The van der Waals surface area contributed by atoms with Crippen LogP contribution in [0.25, 0.3) is 11.0 Å². The van der Waals surface area contributed by atoms with Crippen molar-refractivity contribution in [1.29, 1.82) is 0 Å². The zero-order valence-corrected chi connectivity index (χ0v) is 15.4. The van der Waals surface area contributed by atoms with Crippen LogP contribution < -0.4 is 10.4 Å². The summed E-state index contributed by atoms with van der Waals surface area (Å²) >= 11 is 0. The molecule has 0 N–H and O–H groups in total. The summed E-state index contributed by atoms with van der Waals surface area (Å²) in [4.78, 5) is 14.4. The molecule has 0 saturated heterocycles. The van der Waals surface area contributed by atoms with Gasteiger partial charge in [0.25, 0.3) is 0 Å². The lowest BCUT2D eigenvalue weighted by Crippen LogP contribution is -2.35. The van der Waals surface area contributed by atoms with Gasteiger partial charge in [-0.25, -0.2) is 4.79 Å². The van der Waals surface area contributed by atoms with Crippen LogP contribution in [0.15, 0.2) is 51.7 Å². The minimum Gasteiger partial charge on any atom is -0.478 e. The Morgan fingerprint density at radius 1 is 1.08 bits per heavy atom. The molecule has 134 valence electrons. The van der Waals surface area contributed by atoms with Crippen LogP contribution in [0.5, 0.6) is 5.75 Å². The minimum atomic E-state index is -0.266. The molecule has 2 aromatic carbocycles. The first-order valence-corrected chi connectivity index (χ1v) is 9.00. The fraction of sp³-hybridized carbons (Fsp3) is 0.318. The average molecular weight is 349 g/mol. The first-order valence-electron chi connectivity index (χ1n) is 9.00. The van der Waals surface area contributed by atoms with Gasteiger partial charge in [-0.1, -0.05) is 37.3 Å². The van der Waals surface area contributed by atoms with Gasteiger partial charge in [-0.05, 0) is 43.0 Å². The summed E-state index contributed by atoms with van der Waals surface area (Å²) in [5.41, 5.74) is 4.33. The second-order valence-corrected chi connectivity index (χ2v) is 7.16. The van der Waals surface area contributed by atoms with E-state index in [9.17, 15) is 4.79 Å². The Morgan fingerprint density at radius 3 is 2.62 bits per heavy atom. The number of rotatable bonds is 3. The summed E-state index contributed by atoms with van der Waals surface area (Å²) in [5, 5.41) is 0.988. The number of benzene rings is 2. The monoisotopic (exact) mass is 349 g/mol. The summed E-state index contributed by atoms with van der Waals surface area (Å²) < 4.78 is 11.6. The van der Waals surface area contributed by atoms with Gasteiger partial charge in [-0.3, -0.25) is 4.90 Å². The van der Waals surface area contributed by atoms with E-state index >= 15 is 0 Å². The van der Waals surface area contributed by atoms with Gasteiger partial charge in [0.05, 0.1) is 5.56 Å². The number of ether oxygens (including phenoxy) is 1. The van der Waals surface area contributed by atoms with E-state index in [1.165, 1.54) is 5.56 Å². The summed E-state index contributed by atoms with van der Waals surface area (Å²) in [6, 6.07) is 14.5. The van der Waals surface area contributed by atoms with Crippen molar-refractivity contribution in [2.24, 2.45) is 0 Å². The number of aryl methyl sites for hydroxylation is 1. The van der Waals surface area contributed by atoms with Crippen LogP contribution >= 0.6 is 0 Å². The van der Waals surface area contributed by atoms with Crippen molar-refractivity contribution in [3.63, 3.8) is 0 Å². The highest BCUT2D eigenvalue weighted by molar-refractivity contribution is 5.85. The number of hydrogen-bond donors (Lipinski definition) is 0. The number of hydrogen-bond acceptors (Lipinski definition) is 4. The van der Waals surface area contributed by atoms with Crippen molar-refractivity contribution in [2.75, 3.05) is 13.3 Å². The second-order valence-electron chi connectivity index (χ2n) is 7.16. The molecule has 4 heteroatoms. The van der Waals surface area contributed by atoms with E-state index in [4.69, 9.17) is 9.15 Å². The van der Waals surface area contributed by atoms with Gasteiger partial charge in [0.1, 0.15) is 18.1 Å². The summed E-state index contributed by atoms with van der Waals surface area (Å²) in [6.45, 7) is 8.15. The lowest BCUT2D eigenvalue weighted by Gasteiger charge is -2.31. The van der Waals surface area contributed by atoms with E-state index < -0.39 is 0 Å². The van der Waals surface area contributed by atoms with Crippen LogP contribution in [0.4, 0.5) is 0 Å². The van der Waals surface area contributed by atoms with Gasteiger partial charge in [-0.2, -0.15) is 0 Å². The molecule has 26 heavy (non-hydrogen) atoms. The molecule has 1 aliphatic rings. The van der Waals surface area contributed by atoms with E-state index in [1.807, 2.05) is 32.0 Å². The van der Waals surface area contributed by atoms with Crippen molar-refractivity contribution in [1.82, 2.24) is 4.90 Å². The molecule has 0 radical (unpaired) electrons. The Bertz CT molecular complexity index is 1010. The molecule has 1 unspecified atom stereocenters. The molecule has 0 spiro atoms. The lowest BCUT2D eigenvalue weighted by atomic mass is 9.99. The van der Waals surface area contributed by atoms with Crippen LogP contribution in [0.1, 0.15) is 35.1 Å². The Labute approximate surface area is 153 Å². The fourth-order valence-corrected chi connectivity index (χ4v) is 3.65. The largest absolute Gasteiger partial charge is 0.478 e. The zero-order chi connectivity index (χ0) is 18.3. The van der Waals surface area contributed by atoms with Gasteiger partial charge in [0.15, 0.2) is 0 Å². The molecule has 1 atom stereocenters. The fourth-order valence-electron chi connectivity index (χ4n) is 3.65. The van der Waals surface area contributed by atoms with Crippen molar-refractivity contribution >= 4 is 11.0 Å². The Kier molecular flexibility index (Phi) is 4.29. The number of nitrogens with zero attached hydrogens (tertiary/aromatic N) is 1. The first-order chi connectivity index (χ1) is 12.5. The van der Waals surface area contributed by atoms with E-state index in [2.05, 4.69) is 36.1 Å². The smallest absolute Gasteiger partial charge is 0.339 e. The van der Waals surface area contributed by atoms with E-state index in [0.29, 0.717) is 23.8 Å². The normalized spacial score (nSPS) is 15.5. The zero-order valence-electron chi connectivity index (χ0n) is 15.4. The Morgan fingerprint density at radius 2 is 1.85 bits per heavy atom. The molecular weight excluding hydrogens is 326 g/mol. The molecule has 0 fully saturated rings. The quantitative estimate of drug-likeness (QED) is 0.659. The molecule has 1 aromatic heterocycles. The Balaban J connectivity index is 1.66. The maximum atomic E-state index is 12.2. The van der Waals surface area contributed by atoms with Gasteiger partial charge in [0.2, 0.25) is 0 Å². The van der Waals surface area contributed by atoms with E-state index in [1.54, 1.807) is 0 Å². The summed E-state index contributed by atoms with van der Waals surface area (Å²) in [6.07, 6.45) is 0. The highest BCUT2D eigenvalue weighted by atomic mass is 16.5. The highest BCUT2D eigenvalue weighted by Crippen LogP contribution is 2.34. The number of fused-ring (bicyclic) bond motifs is 3. The maximum absolute atomic E-state index is 12.2. The van der Waals surface area contributed by atoms with Crippen LogP contribution in [0, 0.1) is 13.8 Å². The molecule has 0 amide bonds. The summed E-state index contributed by atoms with van der Waals surface area (Å²) in [5.74, 6) is 1.21. The van der Waals surface area contributed by atoms with Crippen LogP contribution in [0.2, 0.25) is 0 Å². The molecule has 0 saturated carbocycles. The van der Waals surface area contributed by atoms with Crippen molar-refractivity contribution in [2.45, 2.75) is 33.2 Å². The first kappa shape index (κ1) is 16.9. The molecule has 4 rings (SSSR count). The van der Waals surface area contributed by atoms with Gasteiger partial charge < -0.3 is 9.15 Å². The standard InChI is InChI=1S/C22H23NO3/c1-14(17-7-5-4-6-8-17)11-23-12-19-20(25-13-23)10-9-18-15(2)16(3)22(24)26-21(18)19/h4-10,14H,11-13H2,1-3H3. The predicted molar refractivity (Wildman–Crippen MR) is 103 cm³/mol. The predicted octanol–water partition coefficient (Wildman–Crippen LogP) is 4.37. The molecule has 0 bridgehead atoms. The van der Waals surface area contributed by atoms with Crippen molar-refractivity contribution in [3.05, 3.63) is 75.1 Å². The second kappa shape index (κ2) is 6.61. The lowest BCUT2D eigenvalue weighted by molar-refractivity contribution is 0.0909. The molecule has 2 heterocycles. The van der Waals surface area contributed by atoms with E-state index in [0.717, 1.165) is 35.4 Å². The van der Waals surface area contributed by atoms with Crippen LogP contribution in [0.3, 0.4) is 0 Å². The third-order valence-corrected chi connectivity index (χ3v) is 5.37. The third kappa shape index (κ3) is 2.90. The van der Waals surface area contributed by atoms with Crippen molar-refractivity contribution < 1.29 is 9.15 Å². The van der Waals surface area contributed by atoms with Crippen LogP contribution in [-0.2, 0) is 6.54 Å². The van der Waals surface area contributed by atoms with E-state index in [-0.39, 0.29) is 5.63 Å². The molecule has 1 aliphatic heterocycles. The summed E-state index contributed by atoms with van der Waals surface area (Å²) in [7, 11) is 0. The maximum Gasteiger partial charge on any atom is 0.339 e.